The molecule has 0 aliphatic carbocycles. The van der Waals surface area contributed by atoms with E-state index in [0.717, 1.165) is 15.2 Å². The van der Waals surface area contributed by atoms with Gasteiger partial charge in [-0.05, 0) is 22.9 Å². The Bertz CT molecular complexity index is 463. The predicted octanol–water partition coefficient (Wildman–Crippen LogP) is 3.06. The molecule has 0 N–H and O–H groups in total. The van der Waals surface area contributed by atoms with Crippen LogP contribution in [0.15, 0.2) is 40.9 Å². The summed E-state index contributed by atoms with van der Waals surface area (Å²) < 4.78 is 1.00. The van der Waals surface area contributed by atoms with Crippen LogP contribution in [0.3, 0.4) is 0 Å². The lowest BCUT2D eigenvalue weighted by molar-refractivity contribution is 0.563. The number of carbonyl (C=O) groups excluding carboxylic acids is 1. The monoisotopic (exact) mass is 233 g/mol. The van der Waals surface area contributed by atoms with Crippen molar-refractivity contribution in [3.05, 3.63) is 46.4 Å². The van der Waals surface area contributed by atoms with Crippen molar-refractivity contribution < 1.29 is 4.79 Å². The fraction of sp³-hybridized carbons (Fsp3) is 0. The fourth-order valence-corrected chi connectivity index (χ4v) is 1.83. The van der Waals surface area contributed by atoms with Crippen molar-refractivity contribution >= 4 is 33.0 Å². The van der Waals surface area contributed by atoms with Crippen LogP contribution in [0.4, 0.5) is 0 Å². The molecule has 0 aromatic heterocycles. The van der Waals surface area contributed by atoms with Crippen molar-refractivity contribution in [3.63, 3.8) is 0 Å². The topological polar surface area (TPSA) is 17.1 Å². The molecule has 13 heavy (non-hydrogen) atoms. The molecule has 0 saturated heterocycles. The van der Waals surface area contributed by atoms with Crippen LogP contribution in [0.1, 0.15) is 5.56 Å². The van der Waals surface area contributed by atoms with E-state index in [2.05, 4.69) is 15.9 Å². The molecule has 2 aromatic carbocycles. The van der Waals surface area contributed by atoms with Gasteiger partial charge < -0.3 is 0 Å². The molecule has 0 amide bonds. The van der Waals surface area contributed by atoms with Gasteiger partial charge >= 0.3 is 0 Å². The highest BCUT2D eigenvalue weighted by Gasteiger charge is 2.02. The van der Waals surface area contributed by atoms with Crippen LogP contribution in [-0.4, -0.2) is 6.29 Å². The first kappa shape index (κ1) is 8.45. The Morgan fingerprint density at radius 1 is 1.00 bits per heavy atom. The quantitative estimate of drug-likeness (QED) is 0.741. The maximum Gasteiger partial charge on any atom is 0.234 e. The Hall–Kier alpha value is -1.15. The normalized spacial score (nSPS) is 10.2. The van der Waals surface area contributed by atoms with E-state index in [1.807, 2.05) is 36.6 Å². The number of hydrogen-bond donors (Lipinski definition) is 0. The molecule has 1 nitrogen and oxygen atoms in total. The highest BCUT2D eigenvalue weighted by atomic mass is 79.9. The van der Waals surface area contributed by atoms with Gasteiger partial charge in [-0.25, -0.2) is 0 Å². The van der Waals surface area contributed by atoms with Gasteiger partial charge in [0, 0.05) is 10.0 Å². The maximum absolute atomic E-state index is 10.6. The minimum Gasteiger partial charge on any atom is -0.285 e. The lowest BCUT2D eigenvalue weighted by atomic mass is 10.1. The fourth-order valence-electron chi connectivity index (χ4n) is 1.35. The Balaban J connectivity index is 2.92. The number of hydrogen-bond acceptors (Lipinski definition) is 1. The molecule has 63 valence electrons. The van der Waals surface area contributed by atoms with Crippen molar-refractivity contribution in [2.24, 2.45) is 0 Å². The molecule has 2 rings (SSSR count). The minimum atomic E-state index is 0.610. The Kier molecular flexibility index (Phi) is 2.15. The summed E-state index contributed by atoms with van der Waals surface area (Å²) in [7, 11) is 0. The van der Waals surface area contributed by atoms with Crippen molar-refractivity contribution in [1.82, 2.24) is 0 Å². The first-order valence-electron chi connectivity index (χ1n) is 3.88. The Morgan fingerprint density at radius 2 is 1.69 bits per heavy atom. The van der Waals surface area contributed by atoms with Gasteiger partial charge in [0.2, 0.25) is 6.29 Å². The van der Waals surface area contributed by atoms with Gasteiger partial charge in [-0.15, -0.1) is 0 Å². The van der Waals surface area contributed by atoms with Gasteiger partial charge in [0.25, 0.3) is 0 Å². The van der Waals surface area contributed by atoms with Crippen LogP contribution in [-0.2, 0) is 4.79 Å². The van der Waals surface area contributed by atoms with Crippen LogP contribution >= 0.6 is 15.9 Å². The summed E-state index contributed by atoms with van der Waals surface area (Å²) in [5, 5.41) is 1.98. The van der Waals surface area contributed by atoms with Crippen molar-refractivity contribution in [3.8, 4) is 0 Å². The molecule has 0 saturated carbocycles. The second kappa shape index (κ2) is 3.30. The number of rotatable bonds is 1. The summed E-state index contributed by atoms with van der Waals surface area (Å²) in [6.45, 7) is 0. The molecule has 0 heterocycles. The summed E-state index contributed by atoms with van der Waals surface area (Å²) in [5.41, 5.74) is 0.610. The largest absolute Gasteiger partial charge is 0.285 e. The lowest BCUT2D eigenvalue weighted by Gasteiger charge is -2.01. The first-order chi connectivity index (χ1) is 6.33. The number of fused-ring (bicyclic) bond motifs is 1. The molecule has 2 aromatic rings. The van der Waals surface area contributed by atoms with Crippen LogP contribution in [0.5, 0.6) is 0 Å². The zero-order valence-electron chi connectivity index (χ0n) is 6.75. The second-order valence-electron chi connectivity index (χ2n) is 2.74. The zero-order chi connectivity index (χ0) is 9.26. The second-order valence-corrected chi connectivity index (χ2v) is 3.60. The highest BCUT2D eigenvalue weighted by Crippen LogP contribution is 2.25. The molecule has 0 bridgehead atoms. The maximum atomic E-state index is 10.6. The zero-order valence-corrected chi connectivity index (χ0v) is 8.34. The summed E-state index contributed by atoms with van der Waals surface area (Å²) >= 11 is 3.43. The van der Waals surface area contributed by atoms with Gasteiger partial charge in [0.1, 0.15) is 0 Å². The molecule has 1 radical (unpaired) electrons. The number of benzene rings is 2. The summed E-state index contributed by atoms with van der Waals surface area (Å²) in [6, 6.07) is 11.4. The Morgan fingerprint density at radius 3 is 2.38 bits per heavy atom. The molecule has 0 fully saturated rings. The standard InChI is InChI=1S/C11H6BrO/c12-11-6-5-8(7-13)9-3-1-2-4-10(9)11/h1-6H. The average molecular weight is 234 g/mol. The smallest absolute Gasteiger partial charge is 0.234 e. The SMILES string of the molecule is O=[C]c1ccc(Br)c2ccccc12. The van der Waals surface area contributed by atoms with Crippen LogP contribution in [0.25, 0.3) is 10.8 Å². The van der Waals surface area contributed by atoms with E-state index < -0.39 is 0 Å². The average Bonchev–Trinajstić information content (AvgIpc) is 2.19. The third-order valence-electron chi connectivity index (χ3n) is 1.98. The Labute approximate surface area is 84.5 Å². The molecule has 0 aliphatic rings. The van der Waals surface area contributed by atoms with E-state index in [-0.39, 0.29) is 0 Å². The van der Waals surface area contributed by atoms with E-state index in [9.17, 15) is 4.79 Å². The van der Waals surface area contributed by atoms with Crippen molar-refractivity contribution in [1.29, 1.82) is 0 Å². The van der Waals surface area contributed by atoms with Crippen molar-refractivity contribution in [2.45, 2.75) is 0 Å². The summed E-state index contributed by atoms with van der Waals surface area (Å²) in [4.78, 5) is 10.6. The summed E-state index contributed by atoms with van der Waals surface area (Å²) in [5.74, 6) is 0. The predicted molar refractivity (Wildman–Crippen MR) is 56.4 cm³/mol. The molecule has 0 atom stereocenters. The van der Waals surface area contributed by atoms with Crippen LogP contribution in [0.2, 0.25) is 0 Å². The van der Waals surface area contributed by atoms with E-state index in [4.69, 9.17) is 0 Å². The van der Waals surface area contributed by atoms with Gasteiger partial charge in [-0.2, -0.15) is 0 Å². The lowest BCUT2D eigenvalue weighted by Crippen LogP contribution is -1.83. The van der Waals surface area contributed by atoms with Crippen LogP contribution in [0, 0.1) is 0 Å². The van der Waals surface area contributed by atoms with E-state index in [1.54, 1.807) is 6.07 Å². The van der Waals surface area contributed by atoms with Crippen LogP contribution < -0.4 is 0 Å². The number of halogens is 1. The van der Waals surface area contributed by atoms with E-state index in [0.29, 0.717) is 5.56 Å². The first-order valence-corrected chi connectivity index (χ1v) is 4.67. The third-order valence-corrected chi connectivity index (χ3v) is 2.67. The molecular formula is C11H6BrO. The molecule has 2 heteroatoms. The van der Waals surface area contributed by atoms with Gasteiger partial charge in [0.05, 0.1) is 0 Å². The van der Waals surface area contributed by atoms with Gasteiger partial charge in [-0.3, -0.25) is 4.79 Å². The molecular weight excluding hydrogens is 228 g/mol. The third kappa shape index (κ3) is 1.38. The van der Waals surface area contributed by atoms with Gasteiger partial charge in [-0.1, -0.05) is 40.2 Å². The minimum absolute atomic E-state index is 0.610. The summed E-state index contributed by atoms with van der Waals surface area (Å²) in [6.07, 6.45) is 1.93. The van der Waals surface area contributed by atoms with Crippen molar-refractivity contribution in [2.75, 3.05) is 0 Å². The van der Waals surface area contributed by atoms with E-state index >= 15 is 0 Å². The molecule has 0 unspecified atom stereocenters. The van der Waals surface area contributed by atoms with E-state index in [1.165, 1.54) is 0 Å². The van der Waals surface area contributed by atoms with Gasteiger partial charge in [0.15, 0.2) is 0 Å². The molecule has 0 aliphatic heterocycles. The molecule has 0 spiro atoms. The highest BCUT2D eigenvalue weighted by molar-refractivity contribution is 9.10.